The Morgan fingerprint density at radius 2 is 2.11 bits per heavy atom. The van der Waals surface area contributed by atoms with Crippen LogP contribution in [0.4, 0.5) is 0 Å². The van der Waals surface area contributed by atoms with Gasteiger partial charge < -0.3 is 10.3 Å². The summed E-state index contributed by atoms with van der Waals surface area (Å²) in [5.41, 5.74) is 10.4. The van der Waals surface area contributed by atoms with Gasteiger partial charge >= 0.3 is 0 Å². The quantitative estimate of drug-likeness (QED) is 0.795. The third-order valence-electron chi connectivity index (χ3n) is 3.57. The minimum Gasteiger partial charge on any atom is -0.347 e. The normalized spacial score (nSPS) is 11.3. The zero-order valence-corrected chi connectivity index (χ0v) is 12.0. The molecule has 0 aliphatic heterocycles. The van der Waals surface area contributed by atoms with Crippen molar-refractivity contribution >= 4 is 22.2 Å². The van der Waals surface area contributed by atoms with Gasteiger partial charge in [-0.1, -0.05) is 18.2 Å². The van der Waals surface area contributed by atoms with E-state index in [2.05, 4.69) is 48.2 Å². The molecule has 0 atom stereocenters. The van der Waals surface area contributed by atoms with Crippen molar-refractivity contribution in [1.29, 1.82) is 0 Å². The highest BCUT2D eigenvalue weighted by atomic mass is 32.1. The van der Waals surface area contributed by atoms with E-state index in [0.717, 1.165) is 17.1 Å². The predicted molar refractivity (Wildman–Crippen MR) is 81.5 cm³/mol. The molecule has 1 aromatic carbocycles. The van der Waals surface area contributed by atoms with Crippen molar-refractivity contribution in [3.05, 3.63) is 40.3 Å². The maximum absolute atomic E-state index is 5.60. The summed E-state index contributed by atoms with van der Waals surface area (Å²) >= 11 is 1.70. The molecule has 0 unspecified atom stereocenters. The molecule has 0 aliphatic carbocycles. The van der Waals surface area contributed by atoms with Crippen LogP contribution in [0.1, 0.15) is 10.7 Å². The van der Waals surface area contributed by atoms with E-state index in [1.54, 1.807) is 11.3 Å². The highest BCUT2D eigenvalue weighted by Crippen LogP contribution is 2.34. The summed E-state index contributed by atoms with van der Waals surface area (Å²) < 4.78 is 2.23. The molecular weight excluding hydrogens is 254 g/mol. The van der Waals surface area contributed by atoms with Gasteiger partial charge in [-0.3, -0.25) is 0 Å². The van der Waals surface area contributed by atoms with Crippen LogP contribution in [0.3, 0.4) is 0 Å². The summed E-state index contributed by atoms with van der Waals surface area (Å²) in [4.78, 5) is 4.72. The molecule has 3 nitrogen and oxygen atoms in total. The fourth-order valence-corrected chi connectivity index (χ4v) is 3.31. The van der Waals surface area contributed by atoms with Crippen molar-refractivity contribution in [2.24, 2.45) is 12.8 Å². The first-order valence-electron chi connectivity index (χ1n) is 6.41. The first-order chi connectivity index (χ1) is 9.22. The number of rotatable bonds is 3. The lowest BCUT2D eigenvalue weighted by atomic mass is 10.1. The SMILES string of the molecule is Cc1c(-c2csc(CCN)n2)c2ccccc2n1C. The van der Waals surface area contributed by atoms with Crippen molar-refractivity contribution in [3.8, 4) is 11.3 Å². The smallest absolute Gasteiger partial charge is 0.0945 e. The molecule has 0 saturated heterocycles. The lowest BCUT2D eigenvalue weighted by Gasteiger charge is -1.99. The predicted octanol–water partition coefficient (Wildman–Crippen LogP) is 3.11. The molecule has 0 bridgehead atoms. The molecule has 0 aliphatic rings. The van der Waals surface area contributed by atoms with Gasteiger partial charge in [0.25, 0.3) is 0 Å². The van der Waals surface area contributed by atoms with Crippen molar-refractivity contribution in [3.63, 3.8) is 0 Å². The Morgan fingerprint density at radius 1 is 1.32 bits per heavy atom. The number of benzene rings is 1. The van der Waals surface area contributed by atoms with Crippen molar-refractivity contribution in [2.45, 2.75) is 13.3 Å². The Morgan fingerprint density at radius 3 is 2.89 bits per heavy atom. The Balaban J connectivity index is 2.21. The Hall–Kier alpha value is -1.65. The summed E-state index contributed by atoms with van der Waals surface area (Å²) in [6.07, 6.45) is 0.856. The first kappa shape index (κ1) is 12.4. The van der Waals surface area contributed by atoms with E-state index >= 15 is 0 Å². The van der Waals surface area contributed by atoms with Crippen LogP contribution in [0.15, 0.2) is 29.6 Å². The van der Waals surface area contributed by atoms with Crippen LogP contribution < -0.4 is 5.73 Å². The highest BCUT2D eigenvalue weighted by molar-refractivity contribution is 7.10. The Kier molecular flexibility index (Phi) is 3.12. The average molecular weight is 271 g/mol. The summed E-state index contributed by atoms with van der Waals surface area (Å²) in [5, 5.41) is 4.52. The molecule has 2 N–H and O–H groups in total. The monoisotopic (exact) mass is 271 g/mol. The van der Waals surface area contributed by atoms with E-state index in [9.17, 15) is 0 Å². The number of thiazole rings is 1. The molecule has 98 valence electrons. The minimum absolute atomic E-state index is 0.654. The van der Waals surface area contributed by atoms with Gasteiger partial charge in [0.2, 0.25) is 0 Å². The topological polar surface area (TPSA) is 43.8 Å². The molecule has 0 saturated carbocycles. The van der Waals surface area contributed by atoms with E-state index < -0.39 is 0 Å². The number of aromatic nitrogens is 2. The molecule has 0 fully saturated rings. The molecule has 0 amide bonds. The van der Waals surface area contributed by atoms with Gasteiger partial charge in [-0.2, -0.15) is 0 Å². The van der Waals surface area contributed by atoms with E-state index in [0.29, 0.717) is 6.54 Å². The lowest BCUT2D eigenvalue weighted by Crippen LogP contribution is -2.02. The molecule has 0 spiro atoms. The molecule has 4 heteroatoms. The van der Waals surface area contributed by atoms with E-state index in [4.69, 9.17) is 10.7 Å². The fourth-order valence-electron chi connectivity index (χ4n) is 2.51. The first-order valence-corrected chi connectivity index (χ1v) is 7.29. The molecule has 2 aromatic heterocycles. The largest absolute Gasteiger partial charge is 0.347 e. The zero-order valence-electron chi connectivity index (χ0n) is 11.2. The third-order valence-corrected chi connectivity index (χ3v) is 4.47. The molecule has 3 rings (SSSR count). The van der Waals surface area contributed by atoms with Gasteiger partial charge in [-0.25, -0.2) is 4.98 Å². The van der Waals surface area contributed by atoms with Gasteiger partial charge in [0.15, 0.2) is 0 Å². The number of fused-ring (bicyclic) bond motifs is 1. The average Bonchev–Trinajstić information content (AvgIpc) is 2.96. The van der Waals surface area contributed by atoms with Gasteiger partial charge in [-0.15, -0.1) is 11.3 Å². The molecule has 2 heterocycles. The van der Waals surface area contributed by atoms with Gasteiger partial charge in [0.1, 0.15) is 0 Å². The maximum atomic E-state index is 5.60. The number of hydrogen-bond donors (Lipinski definition) is 1. The van der Waals surface area contributed by atoms with Gasteiger partial charge in [0, 0.05) is 41.0 Å². The molecule has 19 heavy (non-hydrogen) atoms. The second-order valence-electron chi connectivity index (χ2n) is 4.70. The summed E-state index contributed by atoms with van der Waals surface area (Å²) in [6.45, 7) is 2.80. The zero-order chi connectivity index (χ0) is 13.4. The number of hydrogen-bond acceptors (Lipinski definition) is 3. The van der Waals surface area contributed by atoms with Crippen LogP contribution in [-0.2, 0) is 13.5 Å². The van der Waals surface area contributed by atoms with Crippen molar-refractivity contribution in [2.75, 3.05) is 6.54 Å². The Labute approximate surface area is 116 Å². The van der Waals surface area contributed by atoms with E-state index in [-0.39, 0.29) is 0 Å². The van der Waals surface area contributed by atoms with E-state index in [1.165, 1.54) is 22.2 Å². The minimum atomic E-state index is 0.654. The summed E-state index contributed by atoms with van der Waals surface area (Å²) in [7, 11) is 2.11. The number of nitrogens with zero attached hydrogens (tertiary/aromatic N) is 2. The van der Waals surface area contributed by atoms with Crippen molar-refractivity contribution in [1.82, 2.24) is 9.55 Å². The van der Waals surface area contributed by atoms with Crippen LogP contribution in [-0.4, -0.2) is 16.1 Å². The number of aryl methyl sites for hydroxylation is 1. The highest BCUT2D eigenvalue weighted by Gasteiger charge is 2.15. The van der Waals surface area contributed by atoms with Crippen LogP contribution >= 0.6 is 11.3 Å². The second kappa shape index (κ2) is 4.79. The summed E-state index contributed by atoms with van der Waals surface area (Å²) in [5.74, 6) is 0. The lowest BCUT2D eigenvalue weighted by molar-refractivity contribution is 0.917. The van der Waals surface area contributed by atoms with Gasteiger partial charge in [0.05, 0.1) is 10.7 Å². The summed E-state index contributed by atoms with van der Waals surface area (Å²) in [6, 6.07) is 8.48. The van der Waals surface area contributed by atoms with Gasteiger partial charge in [-0.05, 0) is 19.5 Å². The maximum Gasteiger partial charge on any atom is 0.0945 e. The number of para-hydroxylation sites is 1. The number of nitrogens with two attached hydrogens (primary N) is 1. The van der Waals surface area contributed by atoms with Crippen LogP contribution in [0, 0.1) is 6.92 Å². The van der Waals surface area contributed by atoms with Crippen LogP contribution in [0.2, 0.25) is 0 Å². The van der Waals surface area contributed by atoms with Crippen molar-refractivity contribution < 1.29 is 0 Å². The molecular formula is C15H17N3S. The fraction of sp³-hybridized carbons (Fsp3) is 0.267. The standard InChI is InChI=1S/C15H17N3S/c1-10-15(12-9-19-14(17-12)7-8-16)11-5-3-4-6-13(11)18(10)2/h3-6,9H,7-8,16H2,1-2H3. The molecule has 0 radical (unpaired) electrons. The van der Waals surface area contributed by atoms with Crippen LogP contribution in [0.5, 0.6) is 0 Å². The second-order valence-corrected chi connectivity index (χ2v) is 5.64. The van der Waals surface area contributed by atoms with Crippen LogP contribution in [0.25, 0.3) is 22.2 Å². The molecule has 3 aromatic rings. The Bertz CT molecular complexity index is 724. The third kappa shape index (κ3) is 1.97. The van der Waals surface area contributed by atoms with E-state index in [1.807, 2.05) is 0 Å².